The zero-order valence-corrected chi connectivity index (χ0v) is 9.66. The van der Waals surface area contributed by atoms with E-state index in [1.165, 1.54) is 16.4 Å². The first kappa shape index (κ1) is 11.2. The van der Waals surface area contributed by atoms with Crippen LogP contribution < -0.4 is 10.9 Å². The van der Waals surface area contributed by atoms with Crippen molar-refractivity contribution in [2.45, 2.75) is 0 Å². The van der Waals surface area contributed by atoms with Crippen LogP contribution in [0.3, 0.4) is 0 Å². The Morgan fingerprint density at radius 2 is 2.36 bits per heavy atom. The molecule has 1 heterocycles. The standard InChI is InChI=1S/C7H11ClN4OS/c1-9-4-5(10-7(8)14-3)12(2)11-6(4)13/h9H,1-3H3,(H,11,13)/b10-7-. The molecule has 0 unspecified atom stereocenters. The molecule has 0 aliphatic rings. The fourth-order valence-electron chi connectivity index (χ4n) is 1.02. The molecule has 78 valence electrons. The highest BCUT2D eigenvalue weighted by Crippen LogP contribution is 2.21. The fraction of sp³-hybridized carbons (Fsp3) is 0.429. The molecule has 0 saturated carbocycles. The lowest BCUT2D eigenvalue weighted by molar-refractivity contribution is 0.760. The lowest BCUT2D eigenvalue weighted by atomic mass is 10.5. The van der Waals surface area contributed by atoms with Crippen LogP contribution in [0.25, 0.3) is 0 Å². The van der Waals surface area contributed by atoms with Gasteiger partial charge >= 0.3 is 0 Å². The van der Waals surface area contributed by atoms with Crippen LogP contribution in [0.2, 0.25) is 0 Å². The van der Waals surface area contributed by atoms with Gasteiger partial charge in [0.15, 0.2) is 10.3 Å². The topological polar surface area (TPSA) is 62.2 Å². The quantitative estimate of drug-likeness (QED) is 0.600. The van der Waals surface area contributed by atoms with Gasteiger partial charge in [-0.1, -0.05) is 23.4 Å². The van der Waals surface area contributed by atoms with Gasteiger partial charge in [0, 0.05) is 14.1 Å². The van der Waals surface area contributed by atoms with E-state index in [4.69, 9.17) is 11.6 Å². The molecule has 1 aromatic heterocycles. The summed E-state index contributed by atoms with van der Waals surface area (Å²) < 4.78 is 1.91. The van der Waals surface area contributed by atoms with E-state index < -0.39 is 0 Å². The van der Waals surface area contributed by atoms with Gasteiger partial charge in [0.05, 0.1) is 0 Å². The predicted molar refractivity (Wildman–Crippen MR) is 62.0 cm³/mol. The fourth-order valence-corrected chi connectivity index (χ4v) is 1.27. The number of nitrogens with zero attached hydrogens (tertiary/aromatic N) is 2. The van der Waals surface area contributed by atoms with Crippen LogP contribution in [0.1, 0.15) is 0 Å². The Hall–Kier alpha value is -0.880. The highest BCUT2D eigenvalue weighted by molar-refractivity contribution is 8.16. The van der Waals surface area contributed by atoms with Crippen molar-refractivity contribution < 1.29 is 0 Å². The Labute approximate surface area is 90.5 Å². The summed E-state index contributed by atoms with van der Waals surface area (Å²) >= 11 is 7.08. The van der Waals surface area contributed by atoms with Crippen LogP contribution in [0.5, 0.6) is 0 Å². The average molecular weight is 235 g/mol. The third kappa shape index (κ3) is 2.13. The van der Waals surface area contributed by atoms with Gasteiger partial charge in [0.25, 0.3) is 5.56 Å². The maximum absolute atomic E-state index is 11.3. The molecule has 2 N–H and O–H groups in total. The number of nitrogens with one attached hydrogen (secondary N) is 2. The third-order valence-electron chi connectivity index (χ3n) is 1.65. The number of aryl methyl sites for hydroxylation is 1. The summed E-state index contributed by atoms with van der Waals surface area (Å²) in [5.41, 5.74) is 0.207. The van der Waals surface area contributed by atoms with Crippen molar-refractivity contribution in [1.29, 1.82) is 0 Å². The van der Waals surface area contributed by atoms with E-state index in [1.807, 2.05) is 6.26 Å². The van der Waals surface area contributed by atoms with E-state index in [0.717, 1.165) is 0 Å². The first-order chi connectivity index (χ1) is 6.60. The van der Waals surface area contributed by atoms with E-state index in [9.17, 15) is 4.79 Å². The number of aromatic amines is 1. The molecule has 0 fully saturated rings. The van der Waals surface area contributed by atoms with E-state index in [-0.39, 0.29) is 5.56 Å². The molecule has 0 aliphatic heterocycles. The average Bonchev–Trinajstić information content (AvgIpc) is 2.41. The van der Waals surface area contributed by atoms with Gasteiger partial charge in [-0.05, 0) is 6.26 Å². The van der Waals surface area contributed by atoms with Gasteiger partial charge < -0.3 is 5.32 Å². The summed E-state index contributed by atoms with van der Waals surface area (Å²) in [6.45, 7) is 0. The number of aliphatic imine (C=N–C) groups is 1. The van der Waals surface area contributed by atoms with Crippen LogP contribution in [0.4, 0.5) is 11.5 Å². The lowest BCUT2D eigenvalue weighted by Crippen LogP contribution is -2.05. The molecule has 0 bridgehead atoms. The smallest absolute Gasteiger partial charge is 0.289 e. The molecule has 0 saturated heterocycles. The molecule has 0 atom stereocenters. The highest BCUT2D eigenvalue weighted by atomic mass is 35.5. The monoisotopic (exact) mass is 234 g/mol. The van der Waals surface area contributed by atoms with Crippen LogP contribution in [0.15, 0.2) is 9.79 Å². The first-order valence-electron chi connectivity index (χ1n) is 3.85. The number of H-pyrrole nitrogens is 1. The molecule has 1 rings (SSSR count). The second-order valence-corrected chi connectivity index (χ2v) is 3.89. The Morgan fingerprint density at radius 1 is 1.71 bits per heavy atom. The van der Waals surface area contributed by atoms with Crippen molar-refractivity contribution >= 4 is 39.4 Å². The van der Waals surface area contributed by atoms with Crippen LogP contribution in [0, 0.1) is 0 Å². The number of hydrogen-bond donors (Lipinski definition) is 2. The molecule has 0 amide bonds. The van der Waals surface area contributed by atoms with Gasteiger partial charge in [-0.3, -0.25) is 14.6 Å². The van der Waals surface area contributed by atoms with E-state index >= 15 is 0 Å². The number of halogens is 1. The second kappa shape index (κ2) is 4.56. The van der Waals surface area contributed by atoms with Gasteiger partial charge in [0.1, 0.15) is 5.69 Å². The summed E-state index contributed by atoms with van der Waals surface area (Å²) in [6, 6.07) is 0. The Morgan fingerprint density at radius 3 is 2.86 bits per heavy atom. The summed E-state index contributed by atoms with van der Waals surface area (Å²) in [6.07, 6.45) is 1.82. The summed E-state index contributed by atoms with van der Waals surface area (Å²) in [5.74, 6) is 0.497. The lowest BCUT2D eigenvalue weighted by Gasteiger charge is -1.99. The highest BCUT2D eigenvalue weighted by Gasteiger charge is 2.10. The summed E-state index contributed by atoms with van der Waals surface area (Å²) in [7, 11) is 3.36. The van der Waals surface area contributed by atoms with Crippen LogP contribution >= 0.6 is 23.4 Å². The number of anilines is 1. The molecule has 0 aromatic carbocycles. The van der Waals surface area contributed by atoms with Crippen molar-refractivity contribution in [3.8, 4) is 0 Å². The van der Waals surface area contributed by atoms with Gasteiger partial charge in [0.2, 0.25) is 0 Å². The van der Waals surface area contributed by atoms with E-state index in [0.29, 0.717) is 16.0 Å². The zero-order valence-electron chi connectivity index (χ0n) is 8.09. The SMILES string of the molecule is CNc1c(/N=C(/Cl)SC)n(C)[nH]c1=O. The van der Waals surface area contributed by atoms with Crippen molar-refractivity contribution in [3.05, 3.63) is 10.4 Å². The molecule has 0 spiro atoms. The molecule has 14 heavy (non-hydrogen) atoms. The van der Waals surface area contributed by atoms with E-state index in [1.54, 1.807) is 14.1 Å². The molecule has 1 aromatic rings. The van der Waals surface area contributed by atoms with Crippen molar-refractivity contribution in [2.24, 2.45) is 12.0 Å². The molecule has 5 nitrogen and oxygen atoms in total. The summed E-state index contributed by atoms with van der Waals surface area (Å²) in [5, 5.41) is 5.35. The minimum atomic E-state index is -0.209. The molecule has 0 aliphatic carbocycles. The number of rotatable bonds is 2. The third-order valence-corrected chi connectivity index (χ3v) is 2.63. The Kier molecular flexibility index (Phi) is 3.65. The van der Waals surface area contributed by atoms with Gasteiger partial charge in [-0.25, -0.2) is 4.99 Å². The molecular weight excluding hydrogens is 224 g/mol. The number of hydrogen-bond acceptors (Lipinski definition) is 4. The Balaban J connectivity index is 3.26. The second-order valence-electron chi connectivity index (χ2n) is 2.52. The predicted octanol–water partition coefficient (Wildman–Crippen LogP) is 1.34. The zero-order chi connectivity index (χ0) is 10.7. The summed E-state index contributed by atoms with van der Waals surface area (Å²) in [4.78, 5) is 15.4. The molecule has 7 heteroatoms. The van der Waals surface area contributed by atoms with Crippen molar-refractivity contribution in [3.63, 3.8) is 0 Å². The van der Waals surface area contributed by atoms with Crippen LogP contribution in [-0.2, 0) is 7.05 Å². The molecule has 0 radical (unpaired) electrons. The van der Waals surface area contributed by atoms with E-state index in [2.05, 4.69) is 15.4 Å². The Bertz CT molecular complexity index is 408. The maximum Gasteiger partial charge on any atom is 0.289 e. The molecular formula is C7H11ClN4OS. The minimum Gasteiger partial charge on any atom is -0.381 e. The van der Waals surface area contributed by atoms with Crippen molar-refractivity contribution in [1.82, 2.24) is 9.78 Å². The first-order valence-corrected chi connectivity index (χ1v) is 5.45. The van der Waals surface area contributed by atoms with Gasteiger partial charge in [-0.2, -0.15) is 0 Å². The minimum absolute atomic E-state index is 0.209. The van der Waals surface area contributed by atoms with Gasteiger partial charge in [-0.15, -0.1) is 0 Å². The number of thioether (sulfide) groups is 1. The van der Waals surface area contributed by atoms with Crippen LogP contribution in [-0.4, -0.2) is 27.6 Å². The normalized spacial score (nSPS) is 11.9. The maximum atomic E-state index is 11.3. The number of aromatic nitrogens is 2. The van der Waals surface area contributed by atoms with Crippen molar-refractivity contribution in [2.75, 3.05) is 18.6 Å². The largest absolute Gasteiger partial charge is 0.381 e.